The van der Waals surface area contributed by atoms with E-state index in [-0.39, 0.29) is 0 Å². The van der Waals surface area contributed by atoms with E-state index in [1.54, 1.807) is 18.5 Å². The predicted molar refractivity (Wildman–Crippen MR) is 63.6 cm³/mol. The number of hydrogen-bond donors (Lipinski definition) is 1. The van der Waals surface area contributed by atoms with Gasteiger partial charge < -0.3 is 4.57 Å². The first-order valence-corrected chi connectivity index (χ1v) is 5.79. The Morgan fingerprint density at radius 3 is 2.47 bits per heavy atom. The Bertz CT molecular complexity index is 562. The van der Waals surface area contributed by atoms with Gasteiger partial charge in [-0.05, 0) is 20.8 Å². The molecule has 19 heavy (non-hydrogen) atoms. The zero-order valence-electron chi connectivity index (χ0n) is 11.2. The third-order valence-corrected chi connectivity index (χ3v) is 3.27. The molecule has 0 aliphatic carbocycles. The van der Waals surface area contributed by atoms with Gasteiger partial charge in [-0.3, -0.25) is 19.8 Å². The molecule has 1 aromatic rings. The average molecular weight is 265 g/mol. The Labute approximate surface area is 109 Å². The van der Waals surface area contributed by atoms with Crippen molar-refractivity contribution in [3.05, 3.63) is 12.2 Å². The van der Waals surface area contributed by atoms with E-state index in [9.17, 15) is 14.4 Å². The Morgan fingerprint density at radius 2 is 1.95 bits per heavy atom. The molecule has 1 fully saturated rings. The first-order valence-electron chi connectivity index (χ1n) is 5.79. The molecule has 1 unspecified atom stereocenters. The SMILES string of the molecule is CC(c1nncn1C)N1C(=O)NC(=O)C(C)(C)C1=O. The monoisotopic (exact) mass is 265 g/mol. The average Bonchev–Trinajstić information content (AvgIpc) is 2.73. The quantitative estimate of drug-likeness (QED) is 0.758. The van der Waals surface area contributed by atoms with Crippen molar-refractivity contribution in [3.63, 3.8) is 0 Å². The Morgan fingerprint density at radius 1 is 1.32 bits per heavy atom. The van der Waals surface area contributed by atoms with Crippen LogP contribution in [0.2, 0.25) is 0 Å². The van der Waals surface area contributed by atoms with Crippen LogP contribution in [0.5, 0.6) is 0 Å². The maximum absolute atomic E-state index is 12.3. The van der Waals surface area contributed by atoms with Crippen LogP contribution in [0.1, 0.15) is 32.6 Å². The summed E-state index contributed by atoms with van der Waals surface area (Å²) >= 11 is 0. The molecule has 8 nitrogen and oxygen atoms in total. The number of aryl methyl sites for hydroxylation is 1. The summed E-state index contributed by atoms with van der Waals surface area (Å²) < 4.78 is 1.62. The second-order valence-corrected chi connectivity index (χ2v) is 5.04. The second kappa shape index (κ2) is 4.15. The lowest BCUT2D eigenvalue weighted by Gasteiger charge is -2.37. The lowest BCUT2D eigenvalue weighted by atomic mass is 9.88. The van der Waals surface area contributed by atoms with Crippen LogP contribution in [0, 0.1) is 5.41 Å². The molecule has 2 rings (SSSR count). The first kappa shape index (κ1) is 13.2. The minimum absolute atomic E-state index is 0.466. The minimum Gasteiger partial charge on any atom is -0.319 e. The fraction of sp³-hybridized carbons (Fsp3) is 0.545. The normalized spacial score (nSPS) is 20.4. The number of carbonyl (C=O) groups is 3. The molecule has 0 radical (unpaired) electrons. The van der Waals surface area contributed by atoms with E-state index >= 15 is 0 Å². The highest BCUT2D eigenvalue weighted by molar-refractivity contribution is 6.18. The number of rotatable bonds is 2. The molecule has 1 aromatic heterocycles. The molecular weight excluding hydrogens is 250 g/mol. The number of nitrogens with one attached hydrogen (secondary N) is 1. The number of aromatic nitrogens is 3. The number of urea groups is 1. The predicted octanol–water partition coefficient (Wildman–Crippen LogP) is -0.0193. The number of barbiturate groups is 1. The van der Waals surface area contributed by atoms with Gasteiger partial charge in [0, 0.05) is 7.05 Å². The molecule has 1 atom stereocenters. The number of hydrogen-bond acceptors (Lipinski definition) is 5. The smallest absolute Gasteiger partial charge is 0.319 e. The molecule has 1 saturated heterocycles. The van der Waals surface area contributed by atoms with E-state index in [2.05, 4.69) is 15.5 Å². The summed E-state index contributed by atoms with van der Waals surface area (Å²) in [5.41, 5.74) is -1.28. The summed E-state index contributed by atoms with van der Waals surface area (Å²) in [5.74, 6) is -0.672. The fourth-order valence-corrected chi connectivity index (χ4v) is 1.94. The van der Waals surface area contributed by atoms with Crippen LogP contribution in [0.15, 0.2) is 6.33 Å². The van der Waals surface area contributed by atoms with Crippen molar-refractivity contribution in [3.8, 4) is 0 Å². The van der Waals surface area contributed by atoms with E-state index < -0.39 is 29.3 Å². The van der Waals surface area contributed by atoms with Crippen LogP contribution < -0.4 is 5.32 Å². The van der Waals surface area contributed by atoms with Crippen molar-refractivity contribution in [2.45, 2.75) is 26.8 Å². The fourth-order valence-electron chi connectivity index (χ4n) is 1.94. The maximum Gasteiger partial charge on any atom is 0.331 e. The summed E-state index contributed by atoms with van der Waals surface area (Å²) in [6, 6.07) is -1.34. The molecule has 0 spiro atoms. The van der Waals surface area contributed by atoms with Crippen LogP contribution in [0.4, 0.5) is 4.79 Å². The Hall–Kier alpha value is -2.25. The van der Waals surface area contributed by atoms with Crippen LogP contribution in [0.3, 0.4) is 0 Å². The number of amides is 4. The van der Waals surface area contributed by atoms with Gasteiger partial charge >= 0.3 is 6.03 Å². The highest BCUT2D eigenvalue weighted by Crippen LogP contribution is 2.29. The van der Waals surface area contributed by atoms with E-state index in [0.29, 0.717) is 5.82 Å². The Balaban J connectivity index is 2.39. The largest absolute Gasteiger partial charge is 0.331 e. The van der Waals surface area contributed by atoms with Gasteiger partial charge in [-0.2, -0.15) is 0 Å². The van der Waals surface area contributed by atoms with Crippen LogP contribution in [-0.2, 0) is 16.6 Å². The molecule has 1 aliphatic rings. The Kier molecular flexibility index (Phi) is 2.88. The van der Waals surface area contributed by atoms with Crippen molar-refractivity contribution < 1.29 is 14.4 Å². The van der Waals surface area contributed by atoms with E-state index in [4.69, 9.17) is 0 Å². The minimum atomic E-state index is -1.28. The molecule has 0 aromatic carbocycles. The van der Waals surface area contributed by atoms with Crippen molar-refractivity contribution in [1.29, 1.82) is 0 Å². The first-order chi connectivity index (χ1) is 8.76. The standard InChI is InChI=1S/C11H15N5O3/c1-6(7-14-12-5-15(7)4)16-9(18)11(2,3)8(17)13-10(16)19/h5-6H,1-4H3,(H,13,17,19). The molecule has 4 amide bonds. The van der Waals surface area contributed by atoms with E-state index in [1.165, 1.54) is 20.2 Å². The van der Waals surface area contributed by atoms with Crippen molar-refractivity contribution in [2.75, 3.05) is 0 Å². The van der Waals surface area contributed by atoms with Gasteiger partial charge in [-0.15, -0.1) is 10.2 Å². The van der Waals surface area contributed by atoms with Crippen LogP contribution >= 0.6 is 0 Å². The van der Waals surface area contributed by atoms with Gasteiger partial charge in [0.25, 0.3) is 0 Å². The molecule has 102 valence electrons. The van der Waals surface area contributed by atoms with Crippen molar-refractivity contribution >= 4 is 17.8 Å². The number of carbonyl (C=O) groups excluding carboxylic acids is 3. The molecule has 1 N–H and O–H groups in total. The van der Waals surface area contributed by atoms with Crippen LogP contribution in [-0.4, -0.2) is 37.5 Å². The van der Waals surface area contributed by atoms with Gasteiger partial charge in [0.2, 0.25) is 11.8 Å². The molecule has 0 saturated carbocycles. The highest BCUT2D eigenvalue weighted by atomic mass is 16.2. The highest BCUT2D eigenvalue weighted by Gasteiger charge is 2.49. The zero-order chi connectivity index (χ0) is 14.4. The van der Waals surface area contributed by atoms with Gasteiger partial charge in [0.05, 0.1) is 6.04 Å². The van der Waals surface area contributed by atoms with Crippen LogP contribution in [0.25, 0.3) is 0 Å². The van der Waals surface area contributed by atoms with E-state index in [1.807, 2.05) is 0 Å². The van der Waals surface area contributed by atoms with E-state index in [0.717, 1.165) is 4.90 Å². The molecule has 1 aliphatic heterocycles. The molecule has 8 heteroatoms. The second-order valence-electron chi connectivity index (χ2n) is 5.04. The number of imide groups is 2. The lowest BCUT2D eigenvalue weighted by molar-refractivity contribution is -0.150. The molecule has 0 bridgehead atoms. The lowest BCUT2D eigenvalue weighted by Crippen LogP contribution is -2.62. The maximum atomic E-state index is 12.3. The van der Waals surface area contributed by atoms with Gasteiger partial charge in [0.15, 0.2) is 5.82 Å². The summed E-state index contributed by atoms with van der Waals surface area (Å²) in [4.78, 5) is 36.8. The van der Waals surface area contributed by atoms with Gasteiger partial charge in [-0.25, -0.2) is 4.79 Å². The van der Waals surface area contributed by atoms with Crippen molar-refractivity contribution in [2.24, 2.45) is 12.5 Å². The third kappa shape index (κ3) is 1.88. The third-order valence-electron chi connectivity index (χ3n) is 3.27. The zero-order valence-corrected chi connectivity index (χ0v) is 11.2. The van der Waals surface area contributed by atoms with Gasteiger partial charge in [-0.1, -0.05) is 0 Å². The van der Waals surface area contributed by atoms with Gasteiger partial charge in [0.1, 0.15) is 11.7 Å². The number of nitrogens with zero attached hydrogens (tertiary/aromatic N) is 4. The molecule has 2 heterocycles. The molecular formula is C11H15N5O3. The topological polar surface area (TPSA) is 97.2 Å². The summed E-state index contributed by atoms with van der Waals surface area (Å²) in [7, 11) is 1.72. The summed E-state index contributed by atoms with van der Waals surface area (Å²) in [5, 5.41) is 9.78. The summed E-state index contributed by atoms with van der Waals surface area (Å²) in [6.45, 7) is 4.62. The van der Waals surface area contributed by atoms with Crippen molar-refractivity contribution in [1.82, 2.24) is 25.0 Å². The summed E-state index contributed by atoms with van der Waals surface area (Å²) in [6.07, 6.45) is 1.48.